The minimum Gasteiger partial charge on any atom is -0.494 e. The molecule has 4 N–H and O–H groups in total. The van der Waals surface area contributed by atoms with Crippen LogP contribution >= 0.6 is 23.2 Å². The molecule has 22 heavy (non-hydrogen) atoms. The third kappa shape index (κ3) is 1.71. The van der Waals surface area contributed by atoms with Crippen molar-refractivity contribution >= 4 is 28.9 Å². The molecule has 1 aromatic heterocycles. The number of hydrogen-bond acceptors (Lipinski definition) is 3. The molecule has 0 unspecified atom stereocenters. The molecule has 0 amide bonds. The number of halogens is 2. The monoisotopic (exact) mass is 336 g/mol. The van der Waals surface area contributed by atoms with E-state index in [-0.39, 0.29) is 23.6 Å². The Hall–Kier alpha value is -1.78. The van der Waals surface area contributed by atoms with Crippen LogP contribution in [0.5, 0.6) is 11.8 Å². The maximum Gasteiger partial charge on any atom is 0.202 e. The summed E-state index contributed by atoms with van der Waals surface area (Å²) < 4.78 is 1.36. The topological polar surface area (TPSA) is 71.4 Å². The standard InChI is InChI=1S/C16H14Cl2N2O2/c17-9-5-11(19)12(6-10(9)18)20-15(21)13-7-1-2-8(4-3-7)14(13)16(20)22/h1-2,5-8,21-22H,3-4,19H2/t7-,8+. The van der Waals surface area contributed by atoms with E-state index in [0.717, 1.165) is 24.0 Å². The Kier molecular flexibility index (Phi) is 2.90. The number of aromatic nitrogens is 1. The summed E-state index contributed by atoms with van der Waals surface area (Å²) in [4.78, 5) is 0. The van der Waals surface area contributed by atoms with Crippen LogP contribution in [0, 0.1) is 0 Å². The Balaban J connectivity index is 1.99. The van der Waals surface area contributed by atoms with Gasteiger partial charge in [0.1, 0.15) is 0 Å². The summed E-state index contributed by atoms with van der Waals surface area (Å²) in [6, 6.07) is 3.07. The lowest BCUT2D eigenvalue weighted by Gasteiger charge is -2.30. The van der Waals surface area contributed by atoms with Crippen molar-refractivity contribution < 1.29 is 10.2 Å². The Morgan fingerprint density at radius 3 is 1.95 bits per heavy atom. The van der Waals surface area contributed by atoms with Crippen LogP contribution in [0.2, 0.25) is 10.0 Å². The first-order chi connectivity index (χ1) is 10.5. The predicted molar refractivity (Wildman–Crippen MR) is 87.4 cm³/mol. The van der Waals surface area contributed by atoms with E-state index in [0.29, 0.717) is 21.4 Å². The fourth-order valence-electron chi connectivity index (χ4n) is 3.59. The van der Waals surface area contributed by atoms with Crippen molar-refractivity contribution in [1.29, 1.82) is 0 Å². The van der Waals surface area contributed by atoms with Crippen LogP contribution in [0.15, 0.2) is 24.3 Å². The molecule has 2 aromatic rings. The molecule has 4 nitrogen and oxygen atoms in total. The number of benzene rings is 1. The molecule has 0 saturated heterocycles. The molecule has 2 atom stereocenters. The highest BCUT2D eigenvalue weighted by molar-refractivity contribution is 6.42. The van der Waals surface area contributed by atoms with Gasteiger partial charge in [0.15, 0.2) is 0 Å². The van der Waals surface area contributed by atoms with Gasteiger partial charge < -0.3 is 15.9 Å². The number of nitrogens with zero attached hydrogens (tertiary/aromatic N) is 1. The summed E-state index contributed by atoms with van der Waals surface area (Å²) in [6.45, 7) is 0. The maximum atomic E-state index is 10.7. The van der Waals surface area contributed by atoms with Gasteiger partial charge in [-0.1, -0.05) is 35.4 Å². The van der Waals surface area contributed by atoms with Crippen LogP contribution in [0.3, 0.4) is 0 Å². The Morgan fingerprint density at radius 1 is 0.955 bits per heavy atom. The number of nitrogens with two attached hydrogens (primary N) is 1. The third-order valence-corrected chi connectivity index (χ3v) is 5.33. The molecule has 5 rings (SSSR count). The highest BCUT2D eigenvalue weighted by Gasteiger charge is 2.38. The van der Waals surface area contributed by atoms with Crippen molar-refractivity contribution in [3.63, 3.8) is 0 Å². The van der Waals surface area contributed by atoms with Crippen molar-refractivity contribution in [2.24, 2.45) is 0 Å². The van der Waals surface area contributed by atoms with Gasteiger partial charge in [0.25, 0.3) is 0 Å². The molecule has 1 aromatic carbocycles. The zero-order valence-electron chi connectivity index (χ0n) is 11.6. The lowest BCUT2D eigenvalue weighted by atomic mass is 9.73. The molecule has 0 radical (unpaired) electrons. The summed E-state index contributed by atoms with van der Waals surface area (Å²) >= 11 is 12.0. The maximum absolute atomic E-state index is 10.7. The smallest absolute Gasteiger partial charge is 0.202 e. The van der Waals surface area contributed by atoms with Gasteiger partial charge in [-0.15, -0.1) is 0 Å². The fraction of sp³-hybridized carbons (Fsp3) is 0.250. The normalized spacial score (nSPS) is 22.1. The highest BCUT2D eigenvalue weighted by atomic mass is 35.5. The zero-order chi connectivity index (χ0) is 15.6. The van der Waals surface area contributed by atoms with E-state index in [1.165, 1.54) is 10.6 Å². The van der Waals surface area contributed by atoms with Gasteiger partial charge in [0, 0.05) is 23.0 Å². The van der Waals surface area contributed by atoms with Gasteiger partial charge in [-0.05, 0) is 25.0 Å². The fourth-order valence-corrected chi connectivity index (χ4v) is 3.92. The highest BCUT2D eigenvalue weighted by Crippen LogP contribution is 2.54. The van der Waals surface area contributed by atoms with Crippen molar-refractivity contribution in [1.82, 2.24) is 4.57 Å². The third-order valence-electron chi connectivity index (χ3n) is 4.61. The van der Waals surface area contributed by atoms with E-state index < -0.39 is 0 Å². The molecule has 0 saturated carbocycles. The molecular formula is C16H14Cl2N2O2. The first-order valence-corrected chi connectivity index (χ1v) is 7.84. The molecule has 3 aliphatic rings. The summed E-state index contributed by atoms with van der Waals surface area (Å²) in [5, 5.41) is 22.0. The SMILES string of the molecule is Nc1cc(Cl)c(Cl)cc1-n1c(O)c2c(c1O)[C@H]1C=C[C@@H]2CC1. The van der Waals surface area contributed by atoms with Crippen LogP contribution in [0.1, 0.15) is 35.8 Å². The van der Waals surface area contributed by atoms with Crippen molar-refractivity contribution in [2.45, 2.75) is 24.7 Å². The number of aromatic hydroxyl groups is 2. The summed E-state index contributed by atoms with van der Waals surface area (Å²) in [6.07, 6.45) is 6.14. The largest absolute Gasteiger partial charge is 0.494 e. The Bertz CT molecular complexity index is 789. The van der Waals surface area contributed by atoms with Gasteiger partial charge in [-0.25, -0.2) is 4.57 Å². The van der Waals surface area contributed by atoms with E-state index in [4.69, 9.17) is 28.9 Å². The number of rotatable bonds is 1. The first kappa shape index (κ1) is 13.9. The summed E-state index contributed by atoms with van der Waals surface area (Å²) in [5.41, 5.74) is 8.36. The molecular weight excluding hydrogens is 323 g/mol. The molecule has 0 fully saturated rings. The van der Waals surface area contributed by atoms with Crippen LogP contribution < -0.4 is 5.73 Å². The lowest BCUT2D eigenvalue weighted by Crippen LogP contribution is -2.15. The lowest BCUT2D eigenvalue weighted by molar-refractivity contribution is 0.399. The molecule has 1 heterocycles. The van der Waals surface area contributed by atoms with E-state index in [1.54, 1.807) is 6.07 Å². The predicted octanol–water partition coefficient (Wildman–Crippen LogP) is 4.31. The molecule has 0 spiro atoms. The first-order valence-electron chi connectivity index (χ1n) is 7.08. The van der Waals surface area contributed by atoms with Gasteiger partial charge in [-0.2, -0.15) is 0 Å². The second kappa shape index (κ2) is 4.61. The molecule has 6 heteroatoms. The van der Waals surface area contributed by atoms with Gasteiger partial charge >= 0.3 is 0 Å². The van der Waals surface area contributed by atoms with E-state index in [2.05, 4.69) is 12.2 Å². The quantitative estimate of drug-likeness (QED) is 0.536. The van der Waals surface area contributed by atoms with Crippen LogP contribution in [-0.2, 0) is 0 Å². The van der Waals surface area contributed by atoms with Gasteiger partial charge in [0.2, 0.25) is 11.8 Å². The van der Waals surface area contributed by atoms with E-state index >= 15 is 0 Å². The van der Waals surface area contributed by atoms with Crippen molar-refractivity contribution in [3.8, 4) is 17.4 Å². The Morgan fingerprint density at radius 2 is 1.45 bits per heavy atom. The van der Waals surface area contributed by atoms with Gasteiger partial charge in [0.05, 0.1) is 21.4 Å². The minimum atomic E-state index is 0.0247. The summed E-state index contributed by atoms with van der Waals surface area (Å²) in [7, 11) is 0. The molecule has 2 bridgehead atoms. The van der Waals surface area contributed by atoms with Crippen molar-refractivity contribution in [2.75, 3.05) is 5.73 Å². The van der Waals surface area contributed by atoms with E-state index in [1.807, 2.05) is 0 Å². The number of anilines is 1. The number of hydrogen-bond donors (Lipinski definition) is 3. The minimum absolute atomic E-state index is 0.0247. The number of fused-ring (bicyclic) bond motifs is 1. The average molecular weight is 337 g/mol. The van der Waals surface area contributed by atoms with E-state index in [9.17, 15) is 10.2 Å². The average Bonchev–Trinajstić information content (AvgIpc) is 2.78. The number of nitrogen functional groups attached to an aromatic ring is 1. The molecule has 3 aliphatic carbocycles. The van der Waals surface area contributed by atoms with Crippen LogP contribution in [-0.4, -0.2) is 14.8 Å². The summed E-state index contributed by atoms with van der Waals surface area (Å²) in [5.74, 6) is 0.320. The molecule has 114 valence electrons. The van der Waals surface area contributed by atoms with Gasteiger partial charge in [-0.3, -0.25) is 0 Å². The molecule has 0 aliphatic heterocycles. The second-order valence-corrected chi connectivity index (χ2v) is 6.62. The second-order valence-electron chi connectivity index (χ2n) is 5.81. The van der Waals surface area contributed by atoms with Crippen LogP contribution in [0.25, 0.3) is 5.69 Å². The van der Waals surface area contributed by atoms with Crippen molar-refractivity contribution in [3.05, 3.63) is 45.5 Å². The zero-order valence-corrected chi connectivity index (χ0v) is 13.1. The Labute approximate surface area is 137 Å². The number of allylic oxidation sites excluding steroid dienone is 2. The van der Waals surface area contributed by atoms with Crippen LogP contribution in [0.4, 0.5) is 5.69 Å².